The van der Waals surface area contributed by atoms with E-state index in [0.717, 1.165) is 31.7 Å². The minimum Gasteiger partial charge on any atom is -0.508 e. The van der Waals surface area contributed by atoms with Gasteiger partial charge in [0, 0.05) is 32.7 Å². The highest BCUT2D eigenvalue weighted by Crippen LogP contribution is 2.11. The van der Waals surface area contributed by atoms with E-state index in [9.17, 15) is 9.90 Å². The molecule has 1 fully saturated rings. The molecule has 1 saturated heterocycles. The van der Waals surface area contributed by atoms with Crippen molar-refractivity contribution in [3.05, 3.63) is 29.8 Å². The fraction of sp³-hybridized carbons (Fsp3) is 0.533. The molecule has 2 rings (SSSR count). The maximum Gasteiger partial charge on any atom is 0.237 e. The van der Waals surface area contributed by atoms with Crippen molar-refractivity contribution in [1.82, 2.24) is 15.1 Å². The van der Waals surface area contributed by atoms with Crippen LogP contribution in [0.5, 0.6) is 5.75 Å². The summed E-state index contributed by atoms with van der Waals surface area (Å²) in [6, 6.07) is 6.85. The van der Waals surface area contributed by atoms with Crippen molar-refractivity contribution >= 4 is 5.91 Å². The Morgan fingerprint density at radius 3 is 2.70 bits per heavy atom. The standard InChI is InChI=1S/C15H23N3O2/c1-12(18-8-6-17(2)7-9-18)15(20)16-11-13-4-3-5-14(19)10-13/h3-5,10,12,19H,6-9,11H2,1-2H3,(H,16,20). The number of carbonyl (C=O) groups is 1. The van der Waals surface area contributed by atoms with Crippen LogP contribution in [0.4, 0.5) is 0 Å². The molecule has 0 radical (unpaired) electrons. The van der Waals surface area contributed by atoms with Gasteiger partial charge in [-0.05, 0) is 31.7 Å². The van der Waals surface area contributed by atoms with Crippen molar-refractivity contribution in [2.24, 2.45) is 0 Å². The van der Waals surface area contributed by atoms with Crippen LogP contribution in [0.1, 0.15) is 12.5 Å². The van der Waals surface area contributed by atoms with Gasteiger partial charge in [0.05, 0.1) is 6.04 Å². The first-order chi connectivity index (χ1) is 9.56. The topological polar surface area (TPSA) is 55.8 Å². The first-order valence-electron chi connectivity index (χ1n) is 7.04. The highest BCUT2D eigenvalue weighted by atomic mass is 16.3. The van der Waals surface area contributed by atoms with Crippen LogP contribution in [0.2, 0.25) is 0 Å². The minimum atomic E-state index is -0.110. The van der Waals surface area contributed by atoms with Crippen LogP contribution in [0.15, 0.2) is 24.3 Å². The molecule has 1 aliphatic rings. The second-order valence-electron chi connectivity index (χ2n) is 5.40. The highest BCUT2D eigenvalue weighted by molar-refractivity contribution is 5.81. The van der Waals surface area contributed by atoms with Crippen molar-refractivity contribution in [3.8, 4) is 5.75 Å². The molecule has 0 aromatic heterocycles. The van der Waals surface area contributed by atoms with Crippen LogP contribution >= 0.6 is 0 Å². The highest BCUT2D eigenvalue weighted by Gasteiger charge is 2.23. The molecule has 0 bridgehead atoms. The third-order valence-electron chi connectivity index (χ3n) is 3.84. The molecular weight excluding hydrogens is 254 g/mol. The molecule has 110 valence electrons. The minimum absolute atomic E-state index is 0.0397. The second kappa shape index (κ2) is 6.72. The first kappa shape index (κ1) is 14.8. The molecule has 1 aliphatic heterocycles. The van der Waals surface area contributed by atoms with Gasteiger partial charge in [0.15, 0.2) is 0 Å². The lowest BCUT2D eigenvalue weighted by atomic mass is 10.2. The van der Waals surface area contributed by atoms with E-state index in [2.05, 4.69) is 22.2 Å². The number of phenolic OH excluding ortho intramolecular Hbond substituents is 1. The molecule has 0 aliphatic carbocycles. The average molecular weight is 277 g/mol. The monoisotopic (exact) mass is 277 g/mol. The summed E-state index contributed by atoms with van der Waals surface area (Å²) in [5, 5.41) is 12.3. The predicted molar refractivity (Wildman–Crippen MR) is 78.5 cm³/mol. The van der Waals surface area contributed by atoms with E-state index >= 15 is 0 Å². The van der Waals surface area contributed by atoms with Crippen LogP contribution in [0.25, 0.3) is 0 Å². The second-order valence-corrected chi connectivity index (χ2v) is 5.40. The summed E-state index contributed by atoms with van der Waals surface area (Å²) in [7, 11) is 2.10. The molecule has 5 nitrogen and oxygen atoms in total. The van der Waals surface area contributed by atoms with Crippen LogP contribution in [0, 0.1) is 0 Å². The van der Waals surface area contributed by atoms with E-state index in [1.807, 2.05) is 13.0 Å². The number of hydrogen-bond acceptors (Lipinski definition) is 4. The summed E-state index contributed by atoms with van der Waals surface area (Å²) in [6.45, 7) is 6.26. The Kier molecular flexibility index (Phi) is 4.98. The number of hydrogen-bond donors (Lipinski definition) is 2. The van der Waals surface area contributed by atoms with Gasteiger partial charge in [-0.3, -0.25) is 9.69 Å². The van der Waals surface area contributed by atoms with Crippen molar-refractivity contribution in [2.45, 2.75) is 19.5 Å². The molecule has 1 atom stereocenters. The SMILES string of the molecule is CC(C(=O)NCc1cccc(O)c1)N1CCN(C)CC1. The third kappa shape index (κ3) is 3.95. The van der Waals surface area contributed by atoms with Gasteiger partial charge < -0.3 is 15.3 Å². The number of aromatic hydroxyl groups is 1. The maximum atomic E-state index is 12.2. The quantitative estimate of drug-likeness (QED) is 0.848. The largest absolute Gasteiger partial charge is 0.508 e. The summed E-state index contributed by atoms with van der Waals surface area (Å²) >= 11 is 0. The van der Waals surface area contributed by atoms with Gasteiger partial charge in [0.25, 0.3) is 0 Å². The van der Waals surface area contributed by atoms with E-state index in [4.69, 9.17) is 0 Å². The summed E-state index contributed by atoms with van der Waals surface area (Å²) in [5.74, 6) is 0.266. The zero-order valence-corrected chi connectivity index (χ0v) is 12.2. The molecule has 20 heavy (non-hydrogen) atoms. The van der Waals surface area contributed by atoms with Crippen LogP contribution in [-0.2, 0) is 11.3 Å². The Morgan fingerprint density at radius 2 is 2.05 bits per heavy atom. The number of nitrogens with zero attached hydrogens (tertiary/aromatic N) is 2. The molecule has 1 aromatic rings. The Morgan fingerprint density at radius 1 is 1.35 bits per heavy atom. The number of nitrogens with one attached hydrogen (secondary N) is 1. The summed E-state index contributed by atoms with van der Waals surface area (Å²) < 4.78 is 0. The van der Waals surface area contributed by atoms with Crippen molar-refractivity contribution < 1.29 is 9.90 Å². The van der Waals surface area contributed by atoms with Gasteiger partial charge in [-0.15, -0.1) is 0 Å². The third-order valence-corrected chi connectivity index (χ3v) is 3.84. The van der Waals surface area contributed by atoms with Gasteiger partial charge >= 0.3 is 0 Å². The molecule has 2 N–H and O–H groups in total. The fourth-order valence-corrected chi connectivity index (χ4v) is 2.38. The molecule has 1 aromatic carbocycles. The lowest BCUT2D eigenvalue weighted by Crippen LogP contribution is -2.52. The van der Waals surface area contributed by atoms with Crippen LogP contribution in [0.3, 0.4) is 0 Å². The number of phenols is 1. The number of carbonyl (C=O) groups excluding carboxylic acids is 1. The lowest BCUT2D eigenvalue weighted by molar-refractivity contribution is -0.126. The van der Waals surface area contributed by atoms with Crippen LogP contribution in [-0.4, -0.2) is 60.1 Å². The zero-order chi connectivity index (χ0) is 14.5. The Labute approximate surface area is 120 Å². The number of piperazine rings is 1. The fourth-order valence-electron chi connectivity index (χ4n) is 2.38. The predicted octanol–water partition coefficient (Wildman–Crippen LogP) is 0.644. The molecular formula is C15H23N3O2. The van der Waals surface area contributed by atoms with Gasteiger partial charge in [-0.1, -0.05) is 12.1 Å². The average Bonchev–Trinajstić information content (AvgIpc) is 2.45. The summed E-state index contributed by atoms with van der Waals surface area (Å²) in [6.07, 6.45) is 0. The van der Waals surface area contributed by atoms with E-state index in [0.29, 0.717) is 6.54 Å². The smallest absolute Gasteiger partial charge is 0.237 e. The number of benzene rings is 1. The van der Waals surface area contributed by atoms with Gasteiger partial charge in [0.1, 0.15) is 5.75 Å². The van der Waals surface area contributed by atoms with Crippen molar-refractivity contribution in [3.63, 3.8) is 0 Å². The van der Waals surface area contributed by atoms with Gasteiger partial charge in [-0.25, -0.2) is 0 Å². The maximum absolute atomic E-state index is 12.2. The Hall–Kier alpha value is -1.59. The molecule has 0 saturated carbocycles. The zero-order valence-electron chi connectivity index (χ0n) is 12.2. The normalized spacial score (nSPS) is 18.7. The summed E-state index contributed by atoms with van der Waals surface area (Å²) in [4.78, 5) is 16.6. The molecule has 1 heterocycles. The van der Waals surface area contributed by atoms with Gasteiger partial charge in [-0.2, -0.15) is 0 Å². The van der Waals surface area contributed by atoms with Crippen LogP contribution < -0.4 is 5.32 Å². The van der Waals surface area contributed by atoms with Crippen molar-refractivity contribution in [1.29, 1.82) is 0 Å². The molecule has 1 unspecified atom stereocenters. The molecule has 1 amide bonds. The van der Waals surface area contributed by atoms with Crippen molar-refractivity contribution in [2.75, 3.05) is 33.2 Å². The number of rotatable bonds is 4. The number of likely N-dealkylation sites (N-methyl/N-ethyl adjacent to an activating group) is 1. The molecule has 0 spiro atoms. The van der Waals surface area contributed by atoms with E-state index in [1.54, 1.807) is 18.2 Å². The first-order valence-corrected chi connectivity index (χ1v) is 7.04. The Balaban J connectivity index is 1.82. The molecule has 5 heteroatoms. The number of amides is 1. The summed E-state index contributed by atoms with van der Waals surface area (Å²) in [5.41, 5.74) is 0.906. The lowest BCUT2D eigenvalue weighted by Gasteiger charge is -2.35. The Bertz CT molecular complexity index is 456. The van der Waals surface area contributed by atoms with E-state index in [-0.39, 0.29) is 17.7 Å². The van der Waals surface area contributed by atoms with Gasteiger partial charge in [0.2, 0.25) is 5.91 Å². The van der Waals surface area contributed by atoms with E-state index < -0.39 is 0 Å². The van der Waals surface area contributed by atoms with E-state index in [1.165, 1.54) is 0 Å².